The summed E-state index contributed by atoms with van der Waals surface area (Å²) in [5.41, 5.74) is 0. The molecule has 0 radical (unpaired) electrons. The van der Waals surface area contributed by atoms with E-state index in [0.29, 0.717) is 5.92 Å². The Balaban J connectivity index is 1.43. The fourth-order valence-electron chi connectivity index (χ4n) is 3.97. The molecule has 2 unspecified atom stereocenters. The van der Waals surface area contributed by atoms with E-state index in [9.17, 15) is 4.79 Å². The van der Waals surface area contributed by atoms with Crippen LogP contribution in [0.4, 0.5) is 0 Å². The number of hydrogen-bond acceptors (Lipinski definition) is 3. The van der Waals surface area contributed by atoms with Crippen LogP contribution < -0.4 is 10.1 Å². The number of nitrogens with zero attached hydrogens (tertiary/aromatic N) is 1. The number of carbonyl (C=O) groups is 1. The number of fused-ring (bicyclic) bond motifs is 4. The number of piperidine rings is 3. The first-order valence-electron chi connectivity index (χ1n) is 8.88. The Hall–Kier alpha value is -2.07. The molecule has 0 saturated carbocycles. The first-order chi connectivity index (χ1) is 11.7. The molecule has 1 N–H and O–H groups in total. The molecule has 2 atom stereocenters. The predicted molar refractivity (Wildman–Crippen MR) is 95.1 cm³/mol. The maximum atomic E-state index is 12.6. The zero-order valence-corrected chi connectivity index (χ0v) is 14.1. The Morgan fingerprint density at radius 2 is 1.92 bits per heavy atom. The molecule has 5 rings (SSSR count). The van der Waals surface area contributed by atoms with Crippen LogP contribution in [0.5, 0.6) is 5.75 Å². The van der Waals surface area contributed by atoms with Crippen LogP contribution in [0.15, 0.2) is 42.5 Å². The van der Waals surface area contributed by atoms with E-state index >= 15 is 0 Å². The molecule has 1 amide bonds. The summed E-state index contributed by atoms with van der Waals surface area (Å²) in [7, 11) is 0. The number of hydrogen-bond donors (Lipinski definition) is 1. The van der Waals surface area contributed by atoms with Gasteiger partial charge in [0.05, 0.1) is 0 Å². The van der Waals surface area contributed by atoms with Crippen molar-refractivity contribution in [2.24, 2.45) is 5.92 Å². The summed E-state index contributed by atoms with van der Waals surface area (Å²) in [6.07, 6.45) is 1.90. The van der Waals surface area contributed by atoms with Crippen LogP contribution in [0.1, 0.15) is 19.8 Å². The van der Waals surface area contributed by atoms with E-state index in [-0.39, 0.29) is 11.9 Å². The predicted octanol–water partition coefficient (Wildman–Crippen LogP) is 2.82. The molecule has 24 heavy (non-hydrogen) atoms. The van der Waals surface area contributed by atoms with Crippen LogP contribution >= 0.6 is 0 Å². The number of carbonyl (C=O) groups excluding carboxylic acids is 1. The monoisotopic (exact) mass is 324 g/mol. The lowest BCUT2D eigenvalue weighted by Gasteiger charge is -2.45. The standard InChI is InChI=1S/C20H24N2O2/c1-14(20(23)21-18-13-22-11-9-16(18)10-12-22)24-19-8-4-6-15-5-2-3-7-17(15)19/h2-8,14,16,18H,9-13H2,1H3,(H,21,23). The average molecular weight is 324 g/mol. The van der Waals surface area contributed by atoms with Crippen LogP contribution in [-0.4, -0.2) is 42.6 Å². The van der Waals surface area contributed by atoms with E-state index in [1.165, 1.54) is 25.9 Å². The van der Waals surface area contributed by atoms with Crippen LogP contribution in [0, 0.1) is 5.92 Å². The van der Waals surface area contributed by atoms with Crippen molar-refractivity contribution in [2.75, 3.05) is 19.6 Å². The van der Waals surface area contributed by atoms with Crippen LogP contribution in [0.3, 0.4) is 0 Å². The van der Waals surface area contributed by atoms with Gasteiger partial charge in [-0.1, -0.05) is 36.4 Å². The third-order valence-electron chi connectivity index (χ3n) is 5.41. The Labute approximate surface area is 142 Å². The molecule has 126 valence electrons. The fraction of sp³-hybridized carbons (Fsp3) is 0.450. The van der Waals surface area contributed by atoms with E-state index in [1.54, 1.807) is 0 Å². The molecule has 2 bridgehead atoms. The van der Waals surface area contributed by atoms with E-state index in [4.69, 9.17) is 4.74 Å². The van der Waals surface area contributed by atoms with Crippen molar-refractivity contribution in [2.45, 2.75) is 31.9 Å². The van der Waals surface area contributed by atoms with Gasteiger partial charge in [-0.15, -0.1) is 0 Å². The van der Waals surface area contributed by atoms with Gasteiger partial charge in [0.2, 0.25) is 0 Å². The van der Waals surface area contributed by atoms with Crippen LogP contribution in [0.25, 0.3) is 10.8 Å². The summed E-state index contributed by atoms with van der Waals surface area (Å²) in [5.74, 6) is 1.38. The average Bonchev–Trinajstić information content (AvgIpc) is 2.63. The molecule has 2 aromatic rings. The van der Waals surface area contributed by atoms with Gasteiger partial charge in [0, 0.05) is 18.0 Å². The molecule has 3 fully saturated rings. The lowest BCUT2D eigenvalue weighted by molar-refractivity contribution is -0.129. The fourth-order valence-corrected chi connectivity index (χ4v) is 3.97. The van der Waals surface area contributed by atoms with Crippen LogP contribution in [0.2, 0.25) is 0 Å². The lowest BCUT2D eigenvalue weighted by Crippen LogP contribution is -2.58. The van der Waals surface area contributed by atoms with Gasteiger partial charge < -0.3 is 15.0 Å². The minimum atomic E-state index is -0.494. The third-order valence-corrected chi connectivity index (χ3v) is 5.41. The van der Waals surface area contributed by atoms with Gasteiger partial charge >= 0.3 is 0 Å². The number of ether oxygens (including phenoxy) is 1. The quantitative estimate of drug-likeness (QED) is 0.940. The van der Waals surface area contributed by atoms with E-state index in [2.05, 4.69) is 22.3 Å². The minimum absolute atomic E-state index is 0.0123. The van der Waals surface area contributed by atoms with Gasteiger partial charge in [-0.05, 0) is 50.2 Å². The zero-order valence-electron chi connectivity index (χ0n) is 14.1. The summed E-state index contributed by atoms with van der Waals surface area (Å²) < 4.78 is 5.99. The topological polar surface area (TPSA) is 41.6 Å². The highest BCUT2D eigenvalue weighted by molar-refractivity contribution is 5.89. The van der Waals surface area contributed by atoms with Crippen molar-refractivity contribution in [1.29, 1.82) is 0 Å². The Kier molecular flexibility index (Phi) is 4.15. The first-order valence-corrected chi connectivity index (χ1v) is 8.88. The number of nitrogens with one attached hydrogen (secondary N) is 1. The van der Waals surface area contributed by atoms with Gasteiger partial charge in [-0.3, -0.25) is 4.79 Å². The highest BCUT2D eigenvalue weighted by Crippen LogP contribution is 2.28. The second-order valence-electron chi connectivity index (χ2n) is 6.99. The van der Waals surface area contributed by atoms with Crippen molar-refractivity contribution in [3.05, 3.63) is 42.5 Å². The molecule has 3 saturated heterocycles. The van der Waals surface area contributed by atoms with Crippen molar-refractivity contribution in [1.82, 2.24) is 10.2 Å². The zero-order chi connectivity index (χ0) is 16.5. The molecule has 0 aliphatic carbocycles. The normalized spacial score (nSPS) is 27.0. The summed E-state index contributed by atoms with van der Waals surface area (Å²) in [4.78, 5) is 15.0. The molecule has 0 spiro atoms. The van der Waals surface area contributed by atoms with Gasteiger partial charge in [0.25, 0.3) is 5.91 Å². The summed E-state index contributed by atoms with van der Waals surface area (Å²) in [6, 6.07) is 14.3. The molecule has 4 heteroatoms. The van der Waals surface area contributed by atoms with E-state index in [1.807, 2.05) is 37.3 Å². The molecule has 3 aliphatic rings. The van der Waals surface area contributed by atoms with Crippen molar-refractivity contribution < 1.29 is 9.53 Å². The first kappa shape index (κ1) is 15.5. The highest BCUT2D eigenvalue weighted by atomic mass is 16.5. The van der Waals surface area contributed by atoms with Crippen molar-refractivity contribution >= 4 is 16.7 Å². The summed E-state index contributed by atoms with van der Waals surface area (Å²) in [6.45, 7) is 5.17. The Morgan fingerprint density at radius 1 is 1.17 bits per heavy atom. The number of amides is 1. The Bertz CT molecular complexity index is 732. The SMILES string of the molecule is CC(Oc1cccc2ccccc12)C(=O)NC1CN2CCC1CC2. The molecule has 4 nitrogen and oxygen atoms in total. The molecular formula is C20H24N2O2. The maximum absolute atomic E-state index is 12.6. The lowest BCUT2D eigenvalue weighted by atomic mass is 9.84. The minimum Gasteiger partial charge on any atom is -0.480 e. The van der Waals surface area contributed by atoms with E-state index in [0.717, 1.165) is 23.1 Å². The number of rotatable bonds is 4. The van der Waals surface area contributed by atoms with Gasteiger partial charge in [0.1, 0.15) is 5.75 Å². The van der Waals surface area contributed by atoms with E-state index < -0.39 is 6.10 Å². The largest absolute Gasteiger partial charge is 0.480 e. The second kappa shape index (κ2) is 6.44. The highest BCUT2D eigenvalue weighted by Gasteiger charge is 2.35. The van der Waals surface area contributed by atoms with Gasteiger partial charge in [0.15, 0.2) is 6.10 Å². The van der Waals surface area contributed by atoms with Crippen molar-refractivity contribution in [3.63, 3.8) is 0 Å². The molecule has 0 aromatic heterocycles. The number of benzene rings is 2. The second-order valence-corrected chi connectivity index (χ2v) is 6.99. The molecule has 2 aromatic carbocycles. The molecule has 3 aliphatic heterocycles. The summed E-state index contributed by atoms with van der Waals surface area (Å²) >= 11 is 0. The van der Waals surface area contributed by atoms with Crippen molar-refractivity contribution in [3.8, 4) is 5.75 Å². The third kappa shape index (κ3) is 2.98. The van der Waals surface area contributed by atoms with Crippen LogP contribution in [-0.2, 0) is 4.79 Å². The smallest absolute Gasteiger partial charge is 0.261 e. The van der Waals surface area contributed by atoms with Gasteiger partial charge in [-0.2, -0.15) is 0 Å². The maximum Gasteiger partial charge on any atom is 0.261 e. The Morgan fingerprint density at radius 3 is 2.67 bits per heavy atom. The van der Waals surface area contributed by atoms with Gasteiger partial charge in [-0.25, -0.2) is 0 Å². The molecular weight excluding hydrogens is 300 g/mol. The summed E-state index contributed by atoms with van der Waals surface area (Å²) in [5, 5.41) is 5.38. The molecule has 3 heterocycles.